The van der Waals surface area contributed by atoms with Crippen molar-refractivity contribution in [3.63, 3.8) is 0 Å². The largest absolute Gasteiger partial charge is 0.455 e. The fourth-order valence-electron chi connectivity index (χ4n) is 2.39. The summed E-state index contributed by atoms with van der Waals surface area (Å²) < 4.78 is 51.3. The average molecular weight is 346 g/mol. The normalized spacial score (nSPS) is 14.8. The minimum Gasteiger partial charge on any atom is -0.342 e. The molecule has 0 radical (unpaired) electrons. The molecule has 0 bridgehead atoms. The molecular formula is C15H14F4N2O3. The summed E-state index contributed by atoms with van der Waals surface area (Å²) in [5, 5.41) is 2.11. The van der Waals surface area contributed by atoms with Crippen LogP contribution < -0.4 is 5.32 Å². The fraction of sp³-hybridized carbons (Fsp3) is 0.400. The molecule has 1 aromatic rings. The van der Waals surface area contributed by atoms with Gasteiger partial charge in [-0.25, -0.2) is 4.39 Å². The van der Waals surface area contributed by atoms with Gasteiger partial charge < -0.3 is 10.2 Å². The van der Waals surface area contributed by atoms with Gasteiger partial charge in [-0.05, 0) is 18.6 Å². The van der Waals surface area contributed by atoms with Gasteiger partial charge in [0.25, 0.3) is 5.78 Å². The van der Waals surface area contributed by atoms with Gasteiger partial charge in [0.05, 0.1) is 11.3 Å². The lowest BCUT2D eigenvalue weighted by Gasteiger charge is -2.16. The van der Waals surface area contributed by atoms with Gasteiger partial charge in [0, 0.05) is 25.9 Å². The molecule has 0 atom stereocenters. The van der Waals surface area contributed by atoms with E-state index in [0.717, 1.165) is 12.1 Å². The Labute approximate surface area is 134 Å². The van der Waals surface area contributed by atoms with Crippen LogP contribution in [0, 0.1) is 5.82 Å². The van der Waals surface area contributed by atoms with E-state index in [1.165, 1.54) is 4.90 Å². The van der Waals surface area contributed by atoms with Gasteiger partial charge in [-0.3, -0.25) is 14.4 Å². The summed E-state index contributed by atoms with van der Waals surface area (Å²) in [5.41, 5.74) is -1.77. The molecule has 1 N–H and O–H groups in total. The van der Waals surface area contributed by atoms with Crippen molar-refractivity contribution in [3.05, 3.63) is 29.6 Å². The number of amides is 2. The number of carbonyl (C=O) groups excluding carboxylic acids is 3. The van der Waals surface area contributed by atoms with Crippen LogP contribution in [0.4, 0.5) is 23.2 Å². The Bertz CT molecular complexity index is 673. The van der Waals surface area contributed by atoms with Crippen LogP contribution in [0.5, 0.6) is 0 Å². The van der Waals surface area contributed by atoms with Gasteiger partial charge in [0.15, 0.2) is 0 Å². The van der Waals surface area contributed by atoms with Gasteiger partial charge in [-0.15, -0.1) is 0 Å². The lowest BCUT2D eigenvalue weighted by atomic mass is 10.1. The van der Waals surface area contributed by atoms with Gasteiger partial charge >= 0.3 is 6.18 Å². The van der Waals surface area contributed by atoms with E-state index < -0.39 is 34.9 Å². The van der Waals surface area contributed by atoms with Crippen molar-refractivity contribution in [2.45, 2.75) is 25.4 Å². The second-order valence-electron chi connectivity index (χ2n) is 5.27. The summed E-state index contributed by atoms with van der Waals surface area (Å²) in [6.45, 7) is 0.631. The first kappa shape index (κ1) is 17.9. The SMILES string of the molecule is O=C(CCN1CCCC1=O)Nc1cccc(F)c1C(=O)C(F)(F)F. The molecule has 1 fully saturated rings. The zero-order valence-electron chi connectivity index (χ0n) is 12.5. The number of hydrogen-bond donors (Lipinski definition) is 1. The molecule has 0 saturated carbocycles. The van der Waals surface area contributed by atoms with Crippen molar-refractivity contribution in [2.75, 3.05) is 18.4 Å². The summed E-state index contributed by atoms with van der Waals surface area (Å²) in [5.74, 6) is -4.55. The van der Waals surface area contributed by atoms with Crippen LogP contribution in [0.3, 0.4) is 0 Å². The summed E-state index contributed by atoms with van der Waals surface area (Å²) >= 11 is 0. The van der Waals surface area contributed by atoms with Gasteiger partial charge in [0.1, 0.15) is 5.82 Å². The number of alkyl halides is 3. The molecule has 24 heavy (non-hydrogen) atoms. The number of rotatable bonds is 5. The number of Topliss-reactive ketones (excluding diaryl/α,β-unsaturated/α-hetero) is 1. The number of halogens is 4. The Hall–Kier alpha value is -2.45. The van der Waals surface area contributed by atoms with Crippen molar-refractivity contribution >= 4 is 23.3 Å². The molecule has 9 heteroatoms. The van der Waals surface area contributed by atoms with Crippen molar-refractivity contribution in [1.82, 2.24) is 4.90 Å². The molecular weight excluding hydrogens is 332 g/mol. The second kappa shape index (κ2) is 6.98. The summed E-state index contributed by atoms with van der Waals surface area (Å²) in [6.07, 6.45) is -4.34. The highest BCUT2D eigenvalue weighted by Crippen LogP contribution is 2.28. The molecule has 0 unspecified atom stereocenters. The topological polar surface area (TPSA) is 66.5 Å². The van der Waals surface area contributed by atoms with E-state index in [4.69, 9.17) is 0 Å². The number of nitrogens with zero attached hydrogens (tertiary/aromatic N) is 1. The number of anilines is 1. The minimum absolute atomic E-state index is 0.0958. The first-order valence-electron chi connectivity index (χ1n) is 7.18. The summed E-state index contributed by atoms with van der Waals surface area (Å²) in [7, 11) is 0. The molecule has 1 aromatic carbocycles. The van der Waals surface area contributed by atoms with Crippen LogP contribution in [-0.4, -0.2) is 41.8 Å². The quantitative estimate of drug-likeness (QED) is 0.658. The molecule has 1 aliphatic rings. The minimum atomic E-state index is -5.26. The maximum absolute atomic E-state index is 13.6. The maximum Gasteiger partial charge on any atom is 0.455 e. The van der Waals surface area contributed by atoms with Crippen LogP contribution in [0.2, 0.25) is 0 Å². The number of ketones is 1. The van der Waals surface area contributed by atoms with E-state index in [2.05, 4.69) is 5.32 Å². The molecule has 5 nitrogen and oxygen atoms in total. The molecule has 0 aliphatic carbocycles. The van der Waals surface area contributed by atoms with E-state index in [-0.39, 0.29) is 18.9 Å². The van der Waals surface area contributed by atoms with Crippen LogP contribution in [0.15, 0.2) is 18.2 Å². The predicted octanol–water partition coefficient (Wildman–Crippen LogP) is 2.52. The molecule has 1 aliphatic heterocycles. The highest BCUT2D eigenvalue weighted by molar-refractivity contribution is 6.07. The third-order valence-corrected chi connectivity index (χ3v) is 3.55. The molecule has 1 heterocycles. The third-order valence-electron chi connectivity index (χ3n) is 3.55. The zero-order chi connectivity index (χ0) is 17.9. The van der Waals surface area contributed by atoms with Crippen molar-refractivity contribution in [2.24, 2.45) is 0 Å². The van der Waals surface area contributed by atoms with Crippen LogP contribution in [0.1, 0.15) is 29.6 Å². The monoisotopic (exact) mass is 346 g/mol. The number of likely N-dealkylation sites (tertiary alicyclic amines) is 1. The maximum atomic E-state index is 13.6. The van der Waals surface area contributed by atoms with Gasteiger partial charge in [-0.1, -0.05) is 6.07 Å². The standard InChI is InChI=1S/C15H14F4N2O3/c16-9-3-1-4-10(13(9)14(24)15(17,18)19)20-11(22)6-8-21-7-2-5-12(21)23/h1,3-4H,2,5-8H2,(H,20,22). The molecule has 0 spiro atoms. The number of hydrogen-bond acceptors (Lipinski definition) is 3. The first-order chi connectivity index (χ1) is 11.2. The van der Waals surface area contributed by atoms with E-state index in [0.29, 0.717) is 25.5 Å². The molecule has 1 saturated heterocycles. The Morgan fingerprint density at radius 2 is 1.96 bits per heavy atom. The highest BCUT2D eigenvalue weighted by atomic mass is 19.4. The Kier molecular flexibility index (Phi) is 5.20. The lowest BCUT2D eigenvalue weighted by Crippen LogP contribution is -2.29. The van der Waals surface area contributed by atoms with Crippen LogP contribution in [0.25, 0.3) is 0 Å². The number of nitrogens with one attached hydrogen (secondary N) is 1. The van der Waals surface area contributed by atoms with E-state index >= 15 is 0 Å². The van der Waals surface area contributed by atoms with Crippen LogP contribution >= 0.6 is 0 Å². The van der Waals surface area contributed by atoms with Gasteiger partial charge in [-0.2, -0.15) is 13.2 Å². The number of carbonyl (C=O) groups is 3. The van der Waals surface area contributed by atoms with Crippen molar-refractivity contribution < 1.29 is 31.9 Å². The molecule has 130 valence electrons. The molecule has 0 aromatic heterocycles. The summed E-state index contributed by atoms with van der Waals surface area (Å²) in [6, 6.07) is 2.81. The van der Waals surface area contributed by atoms with E-state index in [9.17, 15) is 31.9 Å². The lowest BCUT2D eigenvalue weighted by molar-refractivity contribution is -0.128. The van der Waals surface area contributed by atoms with E-state index in [1.54, 1.807) is 0 Å². The smallest absolute Gasteiger partial charge is 0.342 e. The fourth-order valence-corrected chi connectivity index (χ4v) is 2.39. The van der Waals surface area contributed by atoms with Crippen LogP contribution in [-0.2, 0) is 9.59 Å². The zero-order valence-corrected chi connectivity index (χ0v) is 12.5. The molecule has 2 rings (SSSR count). The number of benzene rings is 1. The first-order valence-corrected chi connectivity index (χ1v) is 7.18. The molecule has 2 amide bonds. The Balaban J connectivity index is 2.09. The summed E-state index contributed by atoms with van der Waals surface area (Å²) in [4.78, 5) is 36.1. The Morgan fingerprint density at radius 3 is 2.54 bits per heavy atom. The van der Waals surface area contributed by atoms with Gasteiger partial charge in [0.2, 0.25) is 11.8 Å². The van der Waals surface area contributed by atoms with E-state index in [1.807, 2.05) is 0 Å². The highest BCUT2D eigenvalue weighted by Gasteiger charge is 2.42. The predicted molar refractivity (Wildman–Crippen MR) is 75.8 cm³/mol. The van der Waals surface area contributed by atoms with Crippen molar-refractivity contribution in [1.29, 1.82) is 0 Å². The average Bonchev–Trinajstić information content (AvgIpc) is 2.89. The van der Waals surface area contributed by atoms with Crippen molar-refractivity contribution in [3.8, 4) is 0 Å². The third kappa shape index (κ3) is 4.09. The Morgan fingerprint density at radius 1 is 1.25 bits per heavy atom. The second-order valence-corrected chi connectivity index (χ2v) is 5.27.